The quantitative estimate of drug-likeness (QED) is 0.661. The third kappa shape index (κ3) is 3.57. The van der Waals surface area contributed by atoms with Gasteiger partial charge in [-0.05, 0) is 36.6 Å². The van der Waals surface area contributed by atoms with Crippen LogP contribution in [0.5, 0.6) is 0 Å². The van der Waals surface area contributed by atoms with Crippen molar-refractivity contribution in [2.75, 3.05) is 11.9 Å². The van der Waals surface area contributed by atoms with Crippen LogP contribution >= 0.6 is 0 Å². The highest BCUT2D eigenvalue weighted by molar-refractivity contribution is 6.01. The minimum atomic E-state index is -0.327. The number of hydrogen-bond acceptors (Lipinski definition) is 3. The van der Waals surface area contributed by atoms with Crippen molar-refractivity contribution in [1.29, 1.82) is 0 Å². The molecule has 6 nitrogen and oxygen atoms in total. The predicted octanol–water partition coefficient (Wildman–Crippen LogP) is 0.567. The molecule has 0 fully saturated rings. The molecule has 1 aromatic rings. The van der Waals surface area contributed by atoms with Gasteiger partial charge in [-0.2, -0.15) is 0 Å². The van der Waals surface area contributed by atoms with Crippen LogP contribution < -0.4 is 16.4 Å². The first-order valence-corrected chi connectivity index (χ1v) is 6.55. The van der Waals surface area contributed by atoms with Crippen LogP contribution in [-0.4, -0.2) is 24.3 Å². The summed E-state index contributed by atoms with van der Waals surface area (Å²) in [6, 6.07) is 5.15. The number of carbonyl (C=O) groups is 3. The molecule has 1 aliphatic rings. The summed E-state index contributed by atoms with van der Waals surface area (Å²) >= 11 is 0. The van der Waals surface area contributed by atoms with Crippen molar-refractivity contribution in [3.05, 3.63) is 29.3 Å². The molecular weight excluding hydrogens is 258 g/mol. The van der Waals surface area contributed by atoms with Crippen molar-refractivity contribution in [3.8, 4) is 0 Å². The molecule has 0 aliphatic carbocycles. The van der Waals surface area contributed by atoms with Gasteiger partial charge in [-0.25, -0.2) is 0 Å². The maximum absolute atomic E-state index is 11.9. The molecular formula is C14H17N3O3. The molecule has 1 heterocycles. The highest BCUT2D eigenvalue weighted by Gasteiger charge is 2.18. The number of primary amides is 1. The van der Waals surface area contributed by atoms with Gasteiger partial charge in [-0.3, -0.25) is 14.4 Å². The van der Waals surface area contributed by atoms with E-state index in [1.165, 1.54) is 0 Å². The van der Waals surface area contributed by atoms with Crippen LogP contribution in [0.15, 0.2) is 18.2 Å². The Kier molecular flexibility index (Phi) is 4.34. The Balaban J connectivity index is 1.83. The van der Waals surface area contributed by atoms with E-state index in [4.69, 9.17) is 5.73 Å². The fraction of sp³-hybridized carbons (Fsp3) is 0.357. The minimum Gasteiger partial charge on any atom is -0.370 e. The van der Waals surface area contributed by atoms with Crippen molar-refractivity contribution in [3.63, 3.8) is 0 Å². The maximum atomic E-state index is 11.9. The summed E-state index contributed by atoms with van der Waals surface area (Å²) in [5.41, 5.74) is 7.18. The SMILES string of the molecule is NC(=O)CCCCNC(=O)c1ccc2c(c1)CC(=O)N2. The van der Waals surface area contributed by atoms with Gasteiger partial charge < -0.3 is 16.4 Å². The number of hydrogen-bond donors (Lipinski definition) is 3. The van der Waals surface area contributed by atoms with Crippen molar-refractivity contribution in [2.24, 2.45) is 5.73 Å². The molecule has 6 heteroatoms. The number of nitrogens with two attached hydrogens (primary N) is 1. The van der Waals surface area contributed by atoms with E-state index in [9.17, 15) is 14.4 Å². The van der Waals surface area contributed by atoms with E-state index in [-0.39, 0.29) is 17.7 Å². The fourth-order valence-corrected chi connectivity index (χ4v) is 2.10. The van der Waals surface area contributed by atoms with Crippen LogP contribution in [0.1, 0.15) is 35.2 Å². The van der Waals surface area contributed by atoms with Gasteiger partial charge in [-0.1, -0.05) is 0 Å². The molecule has 0 atom stereocenters. The molecule has 1 aromatic carbocycles. The van der Waals surface area contributed by atoms with Gasteiger partial charge in [0.2, 0.25) is 11.8 Å². The first kappa shape index (κ1) is 14.0. The summed E-state index contributed by atoms with van der Waals surface area (Å²) in [5.74, 6) is -0.553. The van der Waals surface area contributed by atoms with Crippen LogP contribution in [0.4, 0.5) is 5.69 Å². The molecule has 0 unspecified atom stereocenters. The van der Waals surface area contributed by atoms with Crippen molar-refractivity contribution < 1.29 is 14.4 Å². The second-order valence-corrected chi connectivity index (χ2v) is 4.78. The highest BCUT2D eigenvalue weighted by atomic mass is 16.2. The molecule has 0 spiro atoms. The van der Waals surface area contributed by atoms with E-state index >= 15 is 0 Å². The standard InChI is InChI=1S/C14H17N3O3/c15-12(18)3-1-2-6-16-14(20)9-4-5-11-10(7-9)8-13(19)17-11/h4-5,7H,1-3,6,8H2,(H2,15,18)(H,16,20)(H,17,19). The molecule has 4 N–H and O–H groups in total. The van der Waals surface area contributed by atoms with Crippen molar-refractivity contribution in [2.45, 2.75) is 25.7 Å². The highest BCUT2D eigenvalue weighted by Crippen LogP contribution is 2.23. The average molecular weight is 275 g/mol. The molecule has 0 bridgehead atoms. The second-order valence-electron chi connectivity index (χ2n) is 4.78. The van der Waals surface area contributed by atoms with Gasteiger partial charge in [-0.15, -0.1) is 0 Å². The molecule has 0 radical (unpaired) electrons. The molecule has 106 valence electrons. The lowest BCUT2D eigenvalue weighted by Gasteiger charge is -2.06. The largest absolute Gasteiger partial charge is 0.370 e. The Labute approximate surface area is 116 Å². The number of nitrogens with one attached hydrogen (secondary N) is 2. The Morgan fingerprint density at radius 3 is 2.85 bits per heavy atom. The zero-order valence-corrected chi connectivity index (χ0v) is 11.1. The number of benzene rings is 1. The van der Waals surface area contributed by atoms with Crippen molar-refractivity contribution >= 4 is 23.4 Å². The number of amides is 3. The van der Waals surface area contributed by atoms with E-state index < -0.39 is 0 Å². The van der Waals surface area contributed by atoms with Crippen LogP contribution in [-0.2, 0) is 16.0 Å². The number of carbonyl (C=O) groups excluding carboxylic acids is 3. The maximum Gasteiger partial charge on any atom is 0.251 e. The van der Waals surface area contributed by atoms with Crippen LogP contribution in [0.25, 0.3) is 0 Å². The van der Waals surface area contributed by atoms with Gasteiger partial charge in [0.25, 0.3) is 5.91 Å². The Hall–Kier alpha value is -2.37. The van der Waals surface area contributed by atoms with Gasteiger partial charge in [0.05, 0.1) is 6.42 Å². The normalized spacial score (nSPS) is 12.7. The molecule has 1 aliphatic heterocycles. The van der Waals surface area contributed by atoms with E-state index in [1.807, 2.05) is 0 Å². The molecule has 0 aromatic heterocycles. The Bertz CT molecular complexity index is 555. The second kappa shape index (κ2) is 6.18. The fourth-order valence-electron chi connectivity index (χ4n) is 2.10. The predicted molar refractivity (Wildman–Crippen MR) is 74.2 cm³/mol. The molecule has 0 saturated heterocycles. The number of fused-ring (bicyclic) bond motifs is 1. The molecule has 2 rings (SSSR count). The first-order valence-electron chi connectivity index (χ1n) is 6.55. The topological polar surface area (TPSA) is 101 Å². The van der Waals surface area contributed by atoms with E-state index in [1.54, 1.807) is 18.2 Å². The zero-order valence-electron chi connectivity index (χ0n) is 11.1. The van der Waals surface area contributed by atoms with E-state index in [0.717, 1.165) is 11.3 Å². The molecule has 0 saturated carbocycles. The van der Waals surface area contributed by atoms with E-state index in [0.29, 0.717) is 37.8 Å². The molecule has 3 amide bonds. The summed E-state index contributed by atoms with van der Waals surface area (Å²) in [6.07, 6.45) is 2.02. The zero-order chi connectivity index (χ0) is 14.5. The number of unbranched alkanes of at least 4 members (excludes halogenated alkanes) is 1. The monoisotopic (exact) mass is 275 g/mol. The van der Waals surface area contributed by atoms with Crippen LogP contribution in [0, 0.1) is 0 Å². The summed E-state index contributed by atoms with van der Waals surface area (Å²) in [4.78, 5) is 33.7. The average Bonchev–Trinajstić information content (AvgIpc) is 2.76. The number of rotatable bonds is 6. The summed E-state index contributed by atoms with van der Waals surface area (Å²) in [6.45, 7) is 0.500. The lowest BCUT2D eigenvalue weighted by molar-refractivity contribution is -0.118. The van der Waals surface area contributed by atoms with Crippen LogP contribution in [0.3, 0.4) is 0 Å². The lowest BCUT2D eigenvalue weighted by atomic mass is 10.1. The third-order valence-electron chi connectivity index (χ3n) is 3.13. The molecule has 20 heavy (non-hydrogen) atoms. The third-order valence-corrected chi connectivity index (χ3v) is 3.13. The Morgan fingerprint density at radius 1 is 1.30 bits per heavy atom. The summed E-state index contributed by atoms with van der Waals surface area (Å²) in [5, 5.41) is 5.50. The summed E-state index contributed by atoms with van der Waals surface area (Å²) < 4.78 is 0. The van der Waals surface area contributed by atoms with Gasteiger partial charge in [0, 0.05) is 24.2 Å². The van der Waals surface area contributed by atoms with Gasteiger partial charge in [0.15, 0.2) is 0 Å². The van der Waals surface area contributed by atoms with Crippen LogP contribution in [0.2, 0.25) is 0 Å². The van der Waals surface area contributed by atoms with Gasteiger partial charge in [0.1, 0.15) is 0 Å². The number of anilines is 1. The smallest absolute Gasteiger partial charge is 0.251 e. The minimum absolute atomic E-state index is 0.0518. The Morgan fingerprint density at radius 2 is 2.10 bits per heavy atom. The summed E-state index contributed by atoms with van der Waals surface area (Å²) in [7, 11) is 0. The first-order chi connectivity index (χ1) is 9.56. The van der Waals surface area contributed by atoms with Gasteiger partial charge >= 0.3 is 0 Å². The lowest BCUT2D eigenvalue weighted by Crippen LogP contribution is -2.24. The van der Waals surface area contributed by atoms with E-state index in [2.05, 4.69) is 10.6 Å². The van der Waals surface area contributed by atoms with Crippen molar-refractivity contribution in [1.82, 2.24) is 5.32 Å².